The van der Waals surface area contributed by atoms with Gasteiger partial charge in [0.2, 0.25) is 0 Å². The molecule has 0 amide bonds. The van der Waals surface area contributed by atoms with E-state index in [2.05, 4.69) is 6.92 Å². The lowest BCUT2D eigenvalue weighted by atomic mass is 10.1. The van der Waals surface area contributed by atoms with Crippen LogP contribution in [0.5, 0.6) is 0 Å². The standard InChI is InChI=1S/C36H72NO8P/c1-6-8-10-12-14-16-18-20-22-24-26-28-35(38)42-32-34(33-44-46(40,41)43-31-30-37(3,4)5)45-36(39)29-27-25-23-21-19-17-15-13-11-9-7-2/h34H,6-33H2,1-5H3/t34-/m1/s1/i2D3,7D2,9D2,11D2,13D2,15D2,17D2,19D2,21D2,23D2,25D2,27D2,29D2. The number of unbranched alkanes of at least 4 members (excludes halogenated alkanes) is 10. The van der Waals surface area contributed by atoms with E-state index in [-0.39, 0.29) is 17.4 Å². The second kappa shape index (κ2) is 30.1. The summed E-state index contributed by atoms with van der Waals surface area (Å²) in [7, 11) is -0.227. The van der Waals surface area contributed by atoms with Crippen molar-refractivity contribution in [2.45, 2.75) is 173 Å². The molecule has 9 nitrogen and oxygen atoms in total. The van der Waals surface area contributed by atoms with Crippen LogP contribution in [0.2, 0.25) is 0 Å². The molecule has 0 aromatic heterocycles. The van der Waals surface area contributed by atoms with E-state index in [0.29, 0.717) is 12.8 Å². The molecule has 0 rings (SSSR count). The summed E-state index contributed by atoms with van der Waals surface area (Å²) >= 11 is 0. The van der Waals surface area contributed by atoms with E-state index < -0.39 is 129 Å². The lowest BCUT2D eigenvalue weighted by Crippen LogP contribution is -2.37. The molecule has 46 heavy (non-hydrogen) atoms. The van der Waals surface area contributed by atoms with Gasteiger partial charge in [-0.3, -0.25) is 14.2 Å². The maximum absolute atomic E-state index is 13.5. The molecule has 0 aliphatic carbocycles. The number of phosphoric ester groups is 1. The maximum Gasteiger partial charge on any atom is 0.306 e. The molecule has 274 valence electrons. The average Bonchev–Trinajstić information content (AvgIpc) is 3.21. The summed E-state index contributed by atoms with van der Waals surface area (Å²) in [6, 6.07) is 0. The van der Waals surface area contributed by atoms with Gasteiger partial charge >= 0.3 is 11.9 Å². The van der Waals surface area contributed by atoms with Crippen LogP contribution in [0.15, 0.2) is 0 Å². The second-order valence-electron chi connectivity index (χ2n) is 11.1. The van der Waals surface area contributed by atoms with Gasteiger partial charge in [0.1, 0.15) is 19.8 Å². The van der Waals surface area contributed by atoms with E-state index in [1.165, 1.54) is 12.8 Å². The van der Waals surface area contributed by atoms with Crippen LogP contribution < -0.4 is 4.89 Å². The Balaban J connectivity index is 6.89. The third-order valence-electron chi connectivity index (χ3n) is 5.91. The molecule has 0 spiro atoms. The fourth-order valence-electron chi connectivity index (χ4n) is 3.49. The van der Waals surface area contributed by atoms with E-state index in [4.69, 9.17) is 55.5 Å². The first kappa shape index (κ1) is 17.3. The number of rotatable bonds is 34. The number of esters is 2. The Kier molecular flexibility index (Phi) is 11.3. The smallest absolute Gasteiger partial charge is 0.306 e. The predicted molar refractivity (Wildman–Crippen MR) is 185 cm³/mol. The highest BCUT2D eigenvalue weighted by Gasteiger charge is 2.21. The summed E-state index contributed by atoms with van der Waals surface area (Å²) in [6.45, 7) is -4.75. The summed E-state index contributed by atoms with van der Waals surface area (Å²) in [5, 5.41) is 0. The van der Waals surface area contributed by atoms with Crippen molar-refractivity contribution in [1.29, 1.82) is 0 Å². The van der Waals surface area contributed by atoms with Gasteiger partial charge in [-0.05, 0) is 12.8 Å². The van der Waals surface area contributed by atoms with Gasteiger partial charge in [0.15, 0.2) is 6.10 Å². The summed E-state index contributed by atoms with van der Waals surface area (Å²) in [5.74, 6) is -3.44. The molecule has 1 unspecified atom stereocenters. The van der Waals surface area contributed by atoms with Crippen molar-refractivity contribution >= 4 is 19.8 Å². The molecule has 0 heterocycles. The third-order valence-corrected chi connectivity index (χ3v) is 6.87. The van der Waals surface area contributed by atoms with Gasteiger partial charge in [-0.15, -0.1) is 0 Å². The normalized spacial score (nSPS) is 26.5. The SMILES string of the molecule is [2H]C([2H])([2H])C([2H])([2H])C([2H])([2H])C([2H])([2H])C([2H])([2H])C([2H])([2H])C([2H])([2H])C([2H])([2H])C([2H])([2H])C([2H])([2H])C([2H])([2H])C([2H])([2H])C([2H])([2H])C(=O)O[C@H](COC(=O)CCCCCCCCCCCCC)COP(=O)([O-])OCC[N+](C)(C)C. The number of phosphoric acid groups is 1. The van der Waals surface area contributed by atoms with E-state index in [9.17, 15) is 19.0 Å². The highest BCUT2D eigenvalue weighted by atomic mass is 31.2. The zero-order valence-electron chi connectivity index (χ0n) is 54.6. The molecule has 0 aromatic carbocycles. The quantitative estimate of drug-likeness (QED) is 0.0282. The molecule has 0 aliphatic heterocycles. The first-order valence-corrected chi connectivity index (χ1v) is 16.9. The first-order valence-electron chi connectivity index (χ1n) is 28.9. The predicted octanol–water partition coefficient (Wildman–Crippen LogP) is 9.05. The number of carbonyl (C=O) groups excluding carboxylic acids is 2. The molecule has 2 atom stereocenters. The van der Waals surface area contributed by atoms with Crippen LogP contribution in [-0.4, -0.2) is 70.0 Å². The van der Waals surface area contributed by atoms with Crippen LogP contribution in [0.1, 0.15) is 204 Å². The van der Waals surface area contributed by atoms with Crippen LogP contribution in [0, 0.1) is 0 Å². The number of hydrogen-bond acceptors (Lipinski definition) is 8. The number of carbonyl (C=O) groups is 2. The molecular formula is C36H72NO8P. The molecule has 0 radical (unpaired) electrons. The topological polar surface area (TPSA) is 111 Å². The van der Waals surface area contributed by atoms with E-state index >= 15 is 0 Å². The van der Waals surface area contributed by atoms with Crippen molar-refractivity contribution < 1.29 is 79.1 Å². The highest BCUT2D eigenvalue weighted by molar-refractivity contribution is 7.45. The Hall–Kier alpha value is -0.990. The molecule has 0 fully saturated rings. The highest BCUT2D eigenvalue weighted by Crippen LogP contribution is 2.38. The monoisotopic (exact) mass is 705 g/mol. The fourth-order valence-corrected chi connectivity index (χ4v) is 4.22. The Bertz CT molecular complexity index is 1840. The Morgan fingerprint density at radius 2 is 1.26 bits per heavy atom. The molecule has 0 bridgehead atoms. The number of likely N-dealkylation sites (N-methyl/N-ethyl adjacent to an activating group) is 1. The van der Waals surface area contributed by atoms with Crippen LogP contribution in [0.4, 0.5) is 0 Å². The molecule has 0 saturated carbocycles. The molecular weight excluding hydrogens is 605 g/mol. The van der Waals surface area contributed by atoms with Gasteiger partial charge in [-0.25, -0.2) is 0 Å². The Morgan fingerprint density at radius 1 is 0.739 bits per heavy atom. The molecule has 10 heteroatoms. The van der Waals surface area contributed by atoms with E-state index in [0.717, 1.165) is 44.9 Å². The number of quaternary nitrogens is 1. The lowest BCUT2D eigenvalue weighted by Gasteiger charge is -2.28. The van der Waals surface area contributed by atoms with Gasteiger partial charge in [-0.1, -0.05) is 142 Å². The van der Waals surface area contributed by atoms with Crippen molar-refractivity contribution in [2.75, 3.05) is 47.5 Å². The summed E-state index contributed by atoms with van der Waals surface area (Å²) in [5.41, 5.74) is 0. The van der Waals surface area contributed by atoms with Crippen LogP contribution >= 0.6 is 7.82 Å². The van der Waals surface area contributed by atoms with Crippen LogP contribution in [0.25, 0.3) is 0 Å². The van der Waals surface area contributed by atoms with Crippen molar-refractivity contribution in [2.24, 2.45) is 0 Å². The van der Waals surface area contributed by atoms with Gasteiger partial charge in [0, 0.05) is 49.8 Å². The largest absolute Gasteiger partial charge is 0.756 e. The van der Waals surface area contributed by atoms with Crippen molar-refractivity contribution in [3.8, 4) is 0 Å². The maximum atomic E-state index is 13.5. The van der Waals surface area contributed by atoms with Gasteiger partial charge in [0.25, 0.3) is 7.82 Å². The van der Waals surface area contributed by atoms with Crippen LogP contribution in [-0.2, 0) is 32.7 Å². The van der Waals surface area contributed by atoms with E-state index in [1.807, 2.05) is 0 Å². The van der Waals surface area contributed by atoms with Crippen molar-refractivity contribution in [1.82, 2.24) is 0 Å². The Morgan fingerprint density at radius 3 is 1.80 bits per heavy atom. The lowest BCUT2D eigenvalue weighted by molar-refractivity contribution is -0.870. The third kappa shape index (κ3) is 32.9. The van der Waals surface area contributed by atoms with Crippen molar-refractivity contribution in [3.05, 3.63) is 0 Å². The summed E-state index contributed by atoms with van der Waals surface area (Å²) in [6.07, 6.45) is -50.7. The first-order chi connectivity index (χ1) is 32.2. The molecule has 0 aromatic rings. The summed E-state index contributed by atoms with van der Waals surface area (Å²) < 4.78 is 253. The number of hydrogen-bond donors (Lipinski definition) is 0. The van der Waals surface area contributed by atoms with Gasteiger partial charge in [-0.2, -0.15) is 0 Å². The minimum atomic E-state index is -5.30. The molecule has 0 aliphatic rings. The summed E-state index contributed by atoms with van der Waals surface area (Å²) in [4.78, 5) is 38.8. The second-order valence-corrected chi connectivity index (χ2v) is 12.5. The van der Waals surface area contributed by atoms with Crippen LogP contribution in [0.3, 0.4) is 0 Å². The van der Waals surface area contributed by atoms with Gasteiger partial charge < -0.3 is 27.9 Å². The minimum absolute atomic E-state index is 0.117. The number of nitrogens with zero attached hydrogens (tertiary/aromatic N) is 1. The van der Waals surface area contributed by atoms with Crippen molar-refractivity contribution in [3.63, 3.8) is 0 Å². The Labute approximate surface area is 321 Å². The molecule has 0 saturated heterocycles. The fraction of sp³-hybridized carbons (Fsp3) is 0.944. The number of ether oxygens (including phenoxy) is 2. The zero-order valence-corrected chi connectivity index (χ0v) is 28.4. The zero-order chi connectivity index (χ0) is 58.4. The van der Waals surface area contributed by atoms with Gasteiger partial charge in [0.05, 0.1) is 27.7 Å². The molecule has 0 N–H and O–H groups in total. The minimum Gasteiger partial charge on any atom is -0.756 e. The average molecular weight is 705 g/mol. The van der Waals surface area contributed by atoms with E-state index in [1.54, 1.807) is 21.1 Å².